The zero-order valence-electron chi connectivity index (χ0n) is 16.5. The number of aromatic nitrogens is 1. The first kappa shape index (κ1) is 23.6. The van der Waals surface area contributed by atoms with Crippen molar-refractivity contribution < 1.29 is 26.4 Å². The van der Waals surface area contributed by atoms with Crippen molar-refractivity contribution in [2.24, 2.45) is 0 Å². The van der Waals surface area contributed by atoms with E-state index in [1.807, 2.05) is 0 Å². The Labute approximate surface area is 186 Å². The molecule has 2 N–H and O–H groups in total. The standard InChI is InChI=1S/C21H18F3N3O3S2/c1-2-9-26-32(29,30)18-8-4-6-15(12-18)19(28)27-20-25-13-17(31-20)11-14-5-3-7-16(10-14)21(22,23)24/h2-8,10,12-13,26H,1,9,11H2,(H,25,27,28). The van der Waals surface area contributed by atoms with Gasteiger partial charge in [0, 0.05) is 29.6 Å². The zero-order chi connectivity index (χ0) is 23.4. The number of thiazole rings is 1. The summed E-state index contributed by atoms with van der Waals surface area (Å²) in [7, 11) is -3.79. The number of rotatable bonds is 8. The molecule has 168 valence electrons. The number of carbonyl (C=O) groups excluding carboxylic acids is 1. The zero-order valence-corrected chi connectivity index (χ0v) is 18.2. The van der Waals surface area contributed by atoms with Crippen molar-refractivity contribution in [1.82, 2.24) is 9.71 Å². The van der Waals surface area contributed by atoms with Crippen LogP contribution in [0.5, 0.6) is 0 Å². The minimum absolute atomic E-state index is 0.0481. The lowest BCUT2D eigenvalue weighted by Crippen LogP contribution is -2.24. The normalized spacial score (nSPS) is 11.8. The molecule has 1 aromatic heterocycles. The Morgan fingerprint density at radius 1 is 1.16 bits per heavy atom. The first-order chi connectivity index (χ1) is 15.1. The summed E-state index contributed by atoms with van der Waals surface area (Å²) in [5.74, 6) is -0.564. The van der Waals surface area contributed by atoms with Gasteiger partial charge in [0.05, 0.1) is 10.5 Å². The van der Waals surface area contributed by atoms with E-state index < -0.39 is 27.7 Å². The largest absolute Gasteiger partial charge is 0.416 e. The molecular formula is C21H18F3N3O3S2. The van der Waals surface area contributed by atoms with Crippen LogP contribution in [-0.4, -0.2) is 25.9 Å². The number of sulfonamides is 1. The van der Waals surface area contributed by atoms with Crippen LogP contribution >= 0.6 is 11.3 Å². The van der Waals surface area contributed by atoms with Crippen molar-refractivity contribution in [3.63, 3.8) is 0 Å². The fourth-order valence-electron chi connectivity index (χ4n) is 2.73. The second-order valence-corrected chi connectivity index (χ2v) is 9.51. The Balaban J connectivity index is 1.70. The van der Waals surface area contributed by atoms with Crippen molar-refractivity contribution in [2.75, 3.05) is 11.9 Å². The van der Waals surface area contributed by atoms with E-state index in [0.29, 0.717) is 10.4 Å². The molecule has 1 heterocycles. The van der Waals surface area contributed by atoms with Gasteiger partial charge in [-0.2, -0.15) is 13.2 Å². The molecule has 0 atom stereocenters. The van der Waals surface area contributed by atoms with E-state index >= 15 is 0 Å². The monoisotopic (exact) mass is 481 g/mol. The Bertz CT molecular complexity index is 1240. The van der Waals surface area contributed by atoms with Crippen molar-refractivity contribution in [3.8, 4) is 0 Å². The molecular weight excluding hydrogens is 463 g/mol. The molecule has 2 aromatic carbocycles. The quantitative estimate of drug-likeness (QED) is 0.465. The Hall–Kier alpha value is -3.02. The van der Waals surface area contributed by atoms with E-state index in [-0.39, 0.29) is 28.6 Å². The third-order valence-electron chi connectivity index (χ3n) is 4.23. The van der Waals surface area contributed by atoms with Gasteiger partial charge >= 0.3 is 6.18 Å². The van der Waals surface area contributed by atoms with Crippen LogP contribution in [0.25, 0.3) is 0 Å². The summed E-state index contributed by atoms with van der Waals surface area (Å²) in [6.45, 7) is 3.49. The van der Waals surface area contributed by atoms with Crippen molar-refractivity contribution in [1.29, 1.82) is 0 Å². The molecule has 32 heavy (non-hydrogen) atoms. The molecule has 0 fully saturated rings. The van der Waals surface area contributed by atoms with Crippen LogP contribution in [0, 0.1) is 0 Å². The van der Waals surface area contributed by atoms with Crippen molar-refractivity contribution in [2.45, 2.75) is 17.5 Å². The first-order valence-corrected chi connectivity index (χ1v) is 11.5. The lowest BCUT2D eigenvalue weighted by atomic mass is 10.1. The summed E-state index contributed by atoms with van der Waals surface area (Å²) in [4.78, 5) is 17.2. The van der Waals surface area contributed by atoms with Gasteiger partial charge in [-0.05, 0) is 29.8 Å². The van der Waals surface area contributed by atoms with E-state index in [1.165, 1.54) is 42.6 Å². The number of benzene rings is 2. The van der Waals surface area contributed by atoms with E-state index in [1.54, 1.807) is 6.07 Å². The average molecular weight is 482 g/mol. The lowest BCUT2D eigenvalue weighted by Gasteiger charge is -2.08. The summed E-state index contributed by atoms with van der Waals surface area (Å²) >= 11 is 1.12. The molecule has 0 saturated heterocycles. The Morgan fingerprint density at radius 3 is 2.62 bits per heavy atom. The number of alkyl halides is 3. The summed E-state index contributed by atoms with van der Waals surface area (Å²) in [5.41, 5.74) is -0.155. The summed E-state index contributed by atoms with van der Waals surface area (Å²) in [6.07, 6.45) is -1.33. The van der Waals surface area contributed by atoms with E-state index in [0.717, 1.165) is 23.5 Å². The molecule has 6 nitrogen and oxygen atoms in total. The summed E-state index contributed by atoms with van der Waals surface area (Å²) in [5, 5.41) is 2.82. The van der Waals surface area contributed by atoms with Crippen LogP contribution in [0.4, 0.5) is 18.3 Å². The average Bonchev–Trinajstić information content (AvgIpc) is 3.18. The number of anilines is 1. The molecule has 0 bridgehead atoms. The lowest BCUT2D eigenvalue weighted by molar-refractivity contribution is -0.137. The maximum absolute atomic E-state index is 12.9. The van der Waals surface area contributed by atoms with Crippen LogP contribution in [-0.2, 0) is 22.6 Å². The van der Waals surface area contributed by atoms with Crippen LogP contribution in [0.2, 0.25) is 0 Å². The van der Waals surface area contributed by atoms with Gasteiger partial charge in [-0.3, -0.25) is 10.1 Å². The topological polar surface area (TPSA) is 88.2 Å². The van der Waals surface area contributed by atoms with Crippen molar-refractivity contribution >= 4 is 32.4 Å². The predicted octanol–water partition coefficient (Wildman–Crippen LogP) is 4.47. The molecule has 3 aromatic rings. The molecule has 0 aliphatic carbocycles. The van der Waals surface area contributed by atoms with Gasteiger partial charge in [0.25, 0.3) is 5.91 Å². The maximum Gasteiger partial charge on any atom is 0.416 e. The molecule has 0 saturated carbocycles. The fraction of sp³-hybridized carbons (Fsp3) is 0.143. The van der Waals surface area contributed by atoms with E-state index in [4.69, 9.17) is 0 Å². The van der Waals surface area contributed by atoms with Gasteiger partial charge in [-0.25, -0.2) is 18.1 Å². The van der Waals surface area contributed by atoms with Gasteiger partial charge in [-0.1, -0.05) is 30.3 Å². The number of carbonyl (C=O) groups is 1. The molecule has 0 spiro atoms. The molecule has 3 rings (SSSR count). The second-order valence-electron chi connectivity index (χ2n) is 6.63. The highest BCUT2D eigenvalue weighted by Gasteiger charge is 2.30. The number of nitrogens with one attached hydrogen (secondary N) is 2. The number of hydrogen-bond acceptors (Lipinski definition) is 5. The second kappa shape index (κ2) is 9.63. The number of nitrogens with zero attached hydrogens (tertiary/aromatic N) is 1. The molecule has 0 radical (unpaired) electrons. The highest BCUT2D eigenvalue weighted by molar-refractivity contribution is 7.89. The van der Waals surface area contributed by atoms with Crippen molar-refractivity contribution in [3.05, 3.63) is 89.0 Å². The number of hydrogen-bond donors (Lipinski definition) is 2. The van der Waals surface area contributed by atoms with Gasteiger partial charge in [0.15, 0.2) is 5.13 Å². The third kappa shape index (κ3) is 6.02. The fourth-order valence-corrected chi connectivity index (χ4v) is 4.62. The number of halogens is 3. The van der Waals surface area contributed by atoms with Gasteiger partial charge in [0.1, 0.15) is 0 Å². The maximum atomic E-state index is 12.9. The molecule has 0 unspecified atom stereocenters. The summed E-state index contributed by atoms with van der Waals surface area (Å²) in [6, 6.07) is 10.5. The van der Waals surface area contributed by atoms with Crippen LogP contribution < -0.4 is 10.0 Å². The van der Waals surface area contributed by atoms with Crippen LogP contribution in [0.1, 0.15) is 26.4 Å². The molecule has 11 heteroatoms. The minimum Gasteiger partial charge on any atom is -0.298 e. The highest BCUT2D eigenvalue weighted by Crippen LogP contribution is 2.30. The predicted molar refractivity (Wildman–Crippen MR) is 116 cm³/mol. The van der Waals surface area contributed by atoms with Gasteiger partial charge in [0.2, 0.25) is 10.0 Å². The smallest absolute Gasteiger partial charge is 0.298 e. The Kier molecular flexibility index (Phi) is 7.12. The van der Waals surface area contributed by atoms with Gasteiger partial charge < -0.3 is 0 Å². The van der Waals surface area contributed by atoms with E-state index in [9.17, 15) is 26.4 Å². The molecule has 0 aliphatic rings. The highest BCUT2D eigenvalue weighted by atomic mass is 32.2. The Morgan fingerprint density at radius 2 is 1.91 bits per heavy atom. The third-order valence-corrected chi connectivity index (χ3v) is 6.56. The molecule has 0 aliphatic heterocycles. The summed E-state index contributed by atoms with van der Waals surface area (Å²) < 4.78 is 65.4. The minimum atomic E-state index is -4.42. The number of amides is 1. The van der Waals surface area contributed by atoms with Gasteiger partial charge in [-0.15, -0.1) is 17.9 Å². The van der Waals surface area contributed by atoms with Crippen LogP contribution in [0.15, 0.2) is 72.3 Å². The molecule has 1 amide bonds. The van der Waals surface area contributed by atoms with Crippen LogP contribution in [0.3, 0.4) is 0 Å². The van der Waals surface area contributed by atoms with E-state index in [2.05, 4.69) is 21.6 Å². The SMILES string of the molecule is C=CCNS(=O)(=O)c1cccc(C(=O)Nc2ncc(Cc3cccc(C(F)(F)F)c3)s2)c1. The first-order valence-electron chi connectivity index (χ1n) is 9.21.